The number of ether oxygens (including phenoxy) is 1. The van der Waals surface area contributed by atoms with E-state index < -0.39 is 5.97 Å². The van der Waals surface area contributed by atoms with E-state index in [9.17, 15) is 4.79 Å². The normalized spacial score (nSPS) is 12.6. The van der Waals surface area contributed by atoms with E-state index in [1.54, 1.807) is 7.11 Å². The van der Waals surface area contributed by atoms with Crippen LogP contribution in [0.3, 0.4) is 0 Å². The summed E-state index contributed by atoms with van der Waals surface area (Å²) in [5.74, 6) is 0.238. The van der Waals surface area contributed by atoms with Gasteiger partial charge < -0.3 is 15.6 Å². The standard InChI is InChI=1S/C15H22BrNO3/c1-8(2)10-7-11(16)9(3)14(15(10)20-4)12(17)5-6-13(18)19/h7-8,12H,5-6,17H2,1-4H3,(H,18,19). The second kappa shape index (κ2) is 7.09. The second-order valence-corrected chi connectivity index (χ2v) is 6.07. The van der Waals surface area contributed by atoms with Crippen molar-refractivity contribution in [1.29, 1.82) is 0 Å². The van der Waals surface area contributed by atoms with Crippen molar-refractivity contribution >= 4 is 21.9 Å². The Hall–Kier alpha value is -1.07. The molecule has 0 spiro atoms. The van der Waals surface area contributed by atoms with Crippen LogP contribution in [0, 0.1) is 6.92 Å². The minimum absolute atomic E-state index is 0.0489. The lowest BCUT2D eigenvalue weighted by molar-refractivity contribution is -0.137. The van der Waals surface area contributed by atoms with E-state index in [0.29, 0.717) is 12.3 Å². The van der Waals surface area contributed by atoms with Gasteiger partial charge in [-0.3, -0.25) is 4.79 Å². The van der Waals surface area contributed by atoms with Gasteiger partial charge in [-0.1, -0.05) is 29.8 Å². The van der Waals surface area contributed by atoms with Crippen molar-refractivity contribution in [3.8, 4) is 5.75 Å². The van der Waals surface area contributed by atoms with Gasteiger partial charge in [-0.2, -0.15) is 0 Å². The Morgan fingerprint density at radius 1 is 1.50 bits per heavy atom. The lowest BCUT2D eigenvalue weighted by atomic mass is 9.91. The molecule has 3 N–H and O–H groups in total. The van der Waals surface area contributed by atoms with Gasteiger partial charge >= 0.3 is 5.97 Å². The SMILES string of the molecule is COc1c(C(C)C)cc(Br)c(C)c1C(N)CCC(=O)O. The summed E-state index contributed by atoms with van der Waals surface area (Å²) in [5.41, 5.74) is 9.17. The van der Waals surface area contributed by atoms with Crippen LogP contribution in [0.4, 0.5) is 0 Å². The number of aliphatic carboxylic acids is 1. The van der Waals surface area contributed by atoms with Crippen LogP contribution < -0.4 is 10.5 Å². The number of hydrogen-bond donors (Lipinski definition) is 2. The van der Waals surface area contributed by atoms with Crippen molar-refractivity contribution in [1.82, 2.24) is 0 Å². The molecule has 0 heterocycles. The van der Waals surface area contributed by atoms with Crippen molar-refractivity contribution in [2.75, 3.05) is 7.11 Å². The molecule has 0 radical (unpaired) electrons. The van der Waals surface area contributed by atoms with Crippen LogP contribution in [0.1, 0.15) is 55.3 Å². The van der Waals surface area contributed by atoms with Crippen LogP contribution in [0.5, 0.6) is 5.75 Å². The van der Waals surface area contributed by atoms with Crippen molar-refractivity contribution in [2.45, 2.75) is 45.6 Å². The number of carboxylic acid groups (broad SMARTS) is 1. The summed E-state index contributed by atoms with van der Waals surface area (Å²) in [6.45, 7) is 6.14. The van der Waals surface area contributed by atoms with E-state index in [-0.39, 0.29) is 12.5 Å². The van der Waals surface area contributed by atoms with Crippen molar-refractivity contribution < 1.29 is 14.6 Å². The maximum atomic E-state index is 10.7. The largest absolute Gasteiger partial charge is 0.496 e. The molecule has 20 heavy (non-hydrogen) atoms. The average Bonchev–Trinajstić information content (AvgIpc) is 2.37. The van der Waals surface area contributed by atoms with Crippen LogP contribution in [0.2, 0.25) is 0 Å². The van der Waals surface area contributed by atoms with Gasteiger partial charge in [0.1, 0.15) is 5.75 Å². The zero-order valence-corrected chi connectivity index (χ0v) is 14.0. The zero-order valence-electron chi connectivity index (χ0n) is 12.4. The Bertz CT molecular complexity index is 500. The summed E-state index contributed by atoms with van der Waals surface area (Å²) in [7, 11) is 1.63. The first-order valence-electron chi connectivity index (χ1n) is 6.63. The summed E-state index contributed by atoms with van der Waals surface area (Å²) < 4.78 is 6.53. The zero-order chi connectivity index (χ0) is 15.4. The molecule has 4 nitrogen and oxygen atoms in total. The highest BCUT2D eigenvalue weighted by Gasteiger charge is 2.22. The van der Waals surface area contributed by atoms with Crippen LogP contribution in [0.25, 0.3) is 0 Å². The number of carboxylic acids is 1. The molecule has 1 rings (SSSR count). The van der Waals surface area contributed by atoms with Gasteiger partial charge in [0.05, 0.1) is 7.11 Å². The number of hydrogen-bond acceptors (Lipinski definition) is 3. The highest BCUT2D eigenvalue weighted by molar-refractivity contribution is 9.10. The molecule has 0 amide bonds. The van der Waals surface area contributed by atoms with Crippen LogP contribution in [-0.4, -0.2) is 18.2 Å². The minimum Gasteiger partial charge on any atom is -0.496 e. The summed E-state index contributed by atoms with van der Waals surface area (Å²) in [6, 6.07) is 1.70. The molecule has 0 aliphatic carbocycles. The molecule has 1 atom stereocenters. The Balaban J connectivity index is 3.31. The molecule has 0 bridgehead atoms. The molecule has 1 unspecified atom stereocenters. The summed E-state index contributed by atoms with van der Waals surface area (Å²) in [4.78, 5) is 10.7. The summed E-state index contributed by atoms with van der Waals surface area (Å²) in [6.07, 6.45) is 0.438. The molecule has 1 aromatic rings. The quantitative estimate of drug-likeness (QED) is 0.824. The first-order valence-corrected chi connectivity index (χ1v) is 7.43. The molecule has 5 heteroatoms. The first-order chi connectivity index (χ1) is 9.29. The number of nitrogens with two attached hydrogens (primary N) is 1. The fraction of sp³-hybridized carbons (Fsp3) is 0.533. The number of rotatable bonds is 6. The third-order valence-corrected chi connectivity index (χ3v) is 4.24. The van der Waals surface area contributed by atoms with E-state index in [1.807, 2.05) is 13.0 Å². The van der Waals surface area contributed by atoms with Gasteiger partial charge in [0, 0.05) is 22.5 Å². The van der Waals surface area contributed by atoms with Gasteiger partial charge in [0.2, 0.25) is 0 Å². The van der Waals surface area contributed by atoms with Crippen LogP contribution >= 0.6 is 15.9 Å². The van der Waals surface area contributed by atoms with Gasteiger partial charge in [0.15, 0.2) is 0 Å². The molecule has 1 aromatic carbocycles. The smallest absolute Gasteiger partial charge is 0.303 e. The fourth-order valence-corrected chi connectivity index (χ4v) is 2.75. The molecule has 0 aliphatic heterocycles. The number of halogens is 1. The van der Waals surface area contributed by atoms with Crippen molar-refractivity contribution in [3.63, 3.8) is 0 Å². The lowest BCUT2D eigenvalue weighted by Gasteiger charge is -2.23. The number of benzene rings is 1. The van der Waals surface area contributed by atoms with Gasteiger partial charge in [-0.25, -0.2) is 0 Å². The predicted molar refractivity (Wildman–Crippen MR) is 83.3 cm³/mol. The third-order valence-electron chi connectivity index (χ3n) is 3.42. The monoisotopic (exact) mass is 343 g/mol. The van der Waals surface area contributed by atoms with Gasteiger partial charge in [-0.05, 0) is 36.5 Å². The van der Waals surface area contributed by atoms with E-state index >= 15 is 0 Å². The molecule has 0 saturated carbocycles. The highest BCUT2D eigenvalue weighted by Crippen LogP contribution is 2.40. The minimum atomic E-state index is -0.837. The Morgan fingerprint density at radius 3 is 2.55 bits per heavy atom. The van der Waals surface area contributed by atoms with E-state index in [2.05, 4.69) is 29.8 Å². The Kier molecular flexibility index (Phi) is 6.02. The van der Waals surface area contributed by atoms with Gasteiger partial charge in [-0.15, -0.1) is 0 Å². The topological polar surface area (TPSA) is 72.5 Å². The van der Waals surface area contributed by atoms with E-state index in [4.69, 9.17) is 15.6 Å². The molecular formula is C15H22BrNO3. The van der Waals surface area contributed by atoms with Gasteiger partial charge in [0.25, 0.3) is 0 Å². The Labute approximate surface area is 128 Å². The van der Waals surface area contributed by atoms with Crippen molar-refractivity contribution in [2.24, 2.45) is 5.73 Å². The number of methoxy groups -OCH3 is 1. The molecule has 0 saturated heterocycles. The maximum Gasteiger partial charge on any atom is 0.303 e. The molecule has 112 valence electrons. The summed E-state index contributed by atoms with van der Waals surface area (Å²) >= 11 is 3.55. The third kappa shape index (κ3) is 3.73. The summed E-state index contributed by atoms with van der Waals surface area (Å²) in [5, 5.41) is 8.81. The molecule has 0 fully saturated rings. The van der Waals surface area contributed by atoms with Crippen LogP contribution in [0.15, 0.2) is 10.5 Å². The second-order valence-electron chi connectivity index (χ2n) is 5.21. The van der Waals surface area contributed by atoms with Crippen LogP contribution in [-0.2, 0) is 4.79 Å². The lowest BCUT2D eigenvalue weighted by Crippen LogP contribution is -2.16. The highest BCUT2D eigenvalue weighted by atomic mass is 79.9. The Morgan fingerprint density at radius 2 is 2.10 bits per heavy atom. The number of carbonyl (C=O) groups is 1. The van der Waals surface area contributed by atoms with E-state index in [0.717, 1.165) is 26.9 Å². The molecular weight excluding hydrogens is 322 g/mol. The molecule has 0 aromatic heterocycles. The first kappa shape index (κ1) is 17.0. The van der Waals surface area contributed by atoms with E-state index in [1.165, 1.54) is 0 Å². The predicted octanol–water partition coefficient (Wildman–Crippen LogP) is 3.75. The average molecular weight is 344 g/mol. The fourth-order valence-electron chi connectivity index (χ4n) is 2.29. The maximum absolute atomic E-state index is 10.7. The van der Waals surface area contributed by atoms with Crippen molar-refractivity contribution in [3.05, 3.63) is 27.2 Å². The molecule has 0 aliphatic rings.